The van der Waals surface area contributed by atoms with Crippen LogP contribution in [0.1, 0.15) is 70.2 Å². The van der Waals surface area contributed by atoms with Crippen LogP contribution in [0.5, 0.6) is 5.75 Å². The smallest absolute Gasteiger partial charge is 0.407 e. The van der Waals surface area contributed by atoms with Crippen molar-refractivity contribution in [2.24, 2.45) is 0 Å². The van der Waals surface area contributed by atoms with Gasteiger partial charge in [-0.1, -0.05) is 43.3 Å². The third-order valence-electron chi connectivity index (χ3n) is 6.97. The molecule has 0 saturated carbocycles. The maximum Gasteiger partial charge on any atom is 0.407 e. The van der Waals surface area contributed by atoms with Gasteiger partial charge in [-0.25, -0.2) is 9.48 Å². The zero-order valence-electron chi connectivity index (χ0n) is 23.7. The molecule has 1 saturated heterocycles. The molecule has 1 N–H and O–H groups in total. The van der Waals surface area contributed by atoms with Crippen LogP contribution in [-0.4, -0.2) is 39.6 Å². The Bertz CT molecular complexity index is 1420. The second-order valence-electron chi connectivity index (χ2n) is 11.3. The SMILES string of the molecule is CC(CNC(=O)OC(C)(C)C)c1ccc(-c2ccc3c(cnn3C3CCCCO3)c2OCc2ccccc2)nc1. The Labute approximate surface area is 235 Å². The number of fused-ring (bicyclic) bond motifs is 1. The quantitative estimate of drug-likeness (QED) is 0.258. The molecule has 210 valence electrons. The number of nitrogens with zero attached hydrogens (tertiary/aromatic N) is 3. The van der Waals surface area contributed by atoms with Gasteiger partial charge in [-0.05, 0) is 69.4 Å². The van der Waals surface area contributed by atoms with Gasteiger partial charge in [0.05, 0.1) is 22.8 Å². The number of carbonyl (C=O) groups is 1. The lowest BCUT2D eigenvalue weighted by atomic mass is 10.0. The first kappa shape index (κ1) is 27.6. The topological polar surface area (TPSA) is 87.5 Å². The summed E-state index contributed by atoms with van der Waals surface area (Å²) in [6.45, 7) is 9.24. The van der Waals surface area contributed by atoms with Gasteiger partial charge in [-0.2, -0.15) is 5.10 Å². The van der Waals surface area contributed by atoms with Crippen molar-refractivity contribution in [3.8, 4) is 17.0 Å². The summed E-state index contributed by atoms with van der Waals surface area (Å²) in [6, 6.07) is 18.3. The van der Waals surface area contributed by atoms with Gasteiger partial charge in [0.25, 0.3) is 0 Å². The molecule has 2 aromatic carbocycles. The molecule has 0 bridgehead atoms. The number of rotatable bonds is 8. The van der Waals surface area contributed by atoms with Crippen LogP contribution < -0.4 is 10.1 Å². The largest absolute Gasteiger partial charge is 0.487 e. The van der Waals surface area contributed by atoms with E-state index in [1.54, 1.807) is 0 Å². The Morgan fingerprint density at radius 3 is 2.62 bits per heavy atom. The summed E-state index contributed by atoms with van der Waals surface area (Å²) in [5, 5.41) is 8.49. The Morgan fingerprint density at radius 2 is 1.93 bits per heavy atom. The number of ether oxygens (including phenoxy) is 3. The van der Waals surface area contributed by atoms with Crippen molar-refractivity contribution in [1.29, 1.82) is 0 Å². The standard InChI is InChI=1S/C32H38N4O4/c1-22(18-34-31(37)40-32(2,3)4)24-13-15-27(33-19-24)25-14-16-28-26(20-35-36(28)29-12-8-9-17-38-29)30(25)39-21-23-10-6-5-7-11-23/h5-7,10-11,13-16,19-20,22,29H,8-9,12,17-18,21H2,1-4H3,(H,34,37). The van der Waals surface area contributed by atoms with E-state index in [-0.39, 0.29) is 12.1 Å². The monoisotopic (exact) mass is 542 g/mol. The lowest BCUT2D eigenvalue weighted by Crippen LogP contribution is -2.34. The Morgan fingerprint density at radius 1 is 1.10 bits per heavy atom. The molecule has 0 spiro atoms. The van der Waals surface area contributed by atoms with E-state index in [1.165, 1.54) is 0 Å². The third kappa shape index (κ3) is 6.62. The second-order valence-corrected chi connectivity index (χ2v) is 11.3. The van der Waals surface area contributed by atoms with Gasteiger partial charge in [-0.15, -0.1) is 0 Å². The number of aromatic nitrogens is 3. The van der Waals surface area contributed by atoms with E-state index < -0.39 is 11.7 Å². The molecular formula is C32H38N4O4. The van der Waals surface area contributed by atoms with Crippen molar-refractivity contribution in [3.05, 3.63) is 78.1 Å². The summed E-state index contributed by atoms with van der Waals surface area (Å²) >= 11 is 0. The van der Waals surface area contributed by atoms with E-state index in [4.69, 9.17) is 24.3 Å². The molecule has 2 aromatic heterocycles. The van der Waals surface area contributed by atoms with E-state index >= 15 is 0 Å². The van der Waals surface area contributed by atoms with Crippen LogP contribution in [0, 0.1) is 0 Å². The number of amides is 1. The highest BCUT2D eigenvalue weighted by Gasteiger charge is 2.22. The van der Waals surface area contributed by atoms with Crippen molar-refractivity contribution in [1.82, 2.24) is 20.1 Å². The van der Waals surface area contributed by atoms with E-state index in [2.05, 4.69) is 36.5 Å². The van der Waals surface area contributed by atoms with Crippen molar-refractivity contribution in [3.63, 3.8) is 0 Å². The van der Waals surface area contributed by atoms with Crippen LogP contribution in [0.25, 0.3) is 22.2 Å². The van der Waals surface area contributed by atoms with Crippen LogP contribution in [0.2, 0.25) is 0 Å². The van der Waals surface area contributed by atoms with Crippen LogP contribution in [0.4, 0.5) is 4.79 Å². The minimum atomic E-state index is -0.530. The summed E-state index contributed by atoms with van der Waals surface area (Å²) in [5.74, 6) is 0.822. The fraction of sp³-hybridized carbons (Fsp3) is 0.406. The Balaban J connectivity index is 1.40. The van der Waals surface area contributed by atoms with E-state index in [0.717, 1.165) is 64.9 Å². The van der Waals surface area contributed by atoms with Gasteiger partial charge in [0.15, 0.2) is 6.23 Å². The average Bonchev–Trinajstić information content (AvgIpc) is 3.39. The molecule has 0 radical (unpaired) electrons. The molecule has 8 nitrogen and oxygen atoms in total. The third-order valence-corrected chi connectivity index (χ3v) is 6.97. The lowest BCUT2D eigenvalue weighted by Gasteiger charge is -2.23. The fourth-order valence-electron chi connectivity index (χ4n) is 4.85. The second kappa shape index (κ2) is 12.1. The highest BCUT2D eigenvalue weighted by molar-refractivity contribution is 5.92. The fourth-order valence-corrected chi connectivity index (χ4v) is 4.85. The molecule has 4 aromatic rings. The molecule has 1 aliphatic rings. The minimum Gasteiger partial charge on any atom is -0.487 e. The molecule has 2 atom stereocenters. The normalized spacial score (nSPS) is 16.4. The number of benzene rings is 2. The molecule has 2 unspecified atom stereocenters. The molecule has 1 fully saturated rings. The summed E-state index contributed by atoms with van der Waals surface area (Å²) in [6.07, 6.45) is 6.41. The summed E-state index contributed by atoms with van der Waals surface area (Å²) in [5.41, 5.74) is 4.27. The zero-order valence-corrected chi connectivity index (χ0v) is 23.7. The van der Waals surface area contributed by atoms with Gasteiger partial charge < -0.3 is 19.5 Å². The molecule has 0 aliphatic carbocycles. The first-order valence-electron chi connectivity index (χ1n) is 14.0. The summed E-state index contributed by atoms with van der Waals surface area (Å²) in [7, 11) is 0. The van der Waals surface area contributed by atoms with Gasteiger partial charge in [-0.3, -0.25) is 4.98 Å². The predicted molar refractivity (Wildman–Crippen MR) is 155 cm³/mol. The van der Waals surface area contributed by atoms with E-state index in [0.29, 0.717) is 13.2 Å². The molecule has 3 heterocycles. The molecular weight excluding hydrogens is 504 g/mol. The van der Waals surface area contributed by atoms with E-state index in [1.807, 2.05) is 68.2 Å². The number of carbonyl (C=O) groups excluding carboxylic acids is 1. The summed E-state index contributed by atoms with van der Waals surface area (Å²) < 4.78 is 19.8. The maximum atomic E-state index is 12.1. The molecule has 40 heavy (non-hydrogen) atoms. The molecule has 1 amide bonds. The van der Waals surface area contributed by atoms with Crippen LogP contribution >= 0.6 is 0 Å². The van der Waals surface area contributed by atoms with Crippen LogP contribution in [0.15, 0.2) is 67.0 Å². The van der Waals surface area contributed by atoms with E-state index in [9.17, 15) is 4.79 Å². The number of nitrogens with one attached hydrogen (secondary N) is 1. The molecule has 5 rings (SSSR count). The Hall–Kier alpha value is -3.91. The first-order valence-corrected chi connectivity index (χ1v) is 14.0. The number of pyridine rings is 1. The summed E-state index contributed by atoms with van der Waals surface area (Å²) in [4.78, 5) is 16.9. The van der Waals surface area contributed by atoms with Crippen LogP contribution in [-0.2, 0) is 16.1 Å². The lowest BCUT2D eigenvalue weighted by molar-refractivity contribution is -0.0366. The molecule has 8 heteroatoms. The van der Waals surface area contributed by atoms with Gasteiger partial charge >= 0.3 is 6.09 Å². The zero-order chi connectivity index (χ0) is 28.1. The van der Waals surface area contributed by atoms with Crippen molar-refractivity contribution in [2.75, 3.05) is 13.2 Å². The predicted octanol–water partition coefficient (Wildman–Crippen LogP) is 7.00. The Kier molecular flexibility index (Phi) is 8.35. The van der Waals surface area contributed by atoms with Crippen LogP contribution in [0.3, 0.4) is 0 Å². The average molecular weight is 543 g/mol. The number of hydrogen-bond donors (Lipinski definition) is 1. The van der Waals surface area contributed by atoms with Gasteiger partial charge in [0.1, 0.15) is 18.0 Å². The van der Waals surface area contributed by atoms with Crippen molar-refractivity contribution < 1.29 is 19.0 Å². The van der Waals surface area contributed by atoms with Gasteiger partial charge in [0, 0.05) is 30.8 Å². The number of hydrogen-bond acceptors (Lipinski definition) is 6. The van der Waals surface area contributed by atoms with Crippen molar-refractivity contribution >= 4 is 17.0 Å². The highest BCUT2D eigenvalue weighted by Crippen LogP contribution is 2.38. The minimum absolute atomic E-state index is 0.0627. The highest BCUT2D eigenvalue weighted by atomic mass is 16.6. The number of alkyl carbamates (subject to hydrolysis) is 1. The molecule has 1 aliphatic heterocycles. The maximum absolute atomic E-state index is 12.1. The van der Waals surface area contributed by atoms with Crippen molar-refractivity contribution in [2.45, 2.75) is 71.3 Å². The van der Waals surface area contributed by atoms with Gasteiger partial charge in [0.2, 0.25) is 0 Å². The first-order chi connectivity index (χ1) is 19.3.